The van der Waals surface area contributed by atoms with Gasteiger partial charge in [-0.1, -0.05) is 48.5 Å². The normalized spacial score (nSPS) is 11.1. The van der Waals surface area contributed by atoms with Crippen molar-refractivity contribution in [1.82, 2.24) is 9.55 Å². The van der Waals surface area contributed by atoms with Crippen LogP contribution in [-0.4, -0.2) is 21.2 Å². The number of hydrogen-bond donors (Lipinski definition) is 1. The fourth-order valence-electron chi connectivity index (χ4n) is 2.36. The number of aliphatic imine (C=N–C) groups is 1. The van der Waals surface area contributed by atoms with Crippen LogP contribution < -0.4 is 5.73 Å². The van der Waals surface area contributed by atoms with Gasteiger partial charge >= 0.3 is 0 Å². The summed E-state index contributed by atoms with van der Waals surface area (Å²) < 4.78 is 1.71. The van der Waals surface area contributed by atoms with E-state index in [0.717, 1.165) is 5.56 Å². The van der Waals surface area contributed by atoms with Crippen LogP contribution in [-0.2, 0) is 6.54 Å². The molecule has 3 aromatic rings. The molecule has 1 heterocycles. The number of rotatable bonds is 4. The predicted molar refractivity (Wildman–Crippen MR) is 95.1 cm³/mol. The second-order valence-corrected chi connectivity index (χ2v) is 5.34. The van der Waals surface area contributed by atoms with Gasteiger partial charge in [-0.25, -0.2) is 4.98 Å². The second kappa shape index (κ2) is 7.23. The molecule has 6 nitrogen and oxygen atoms in total. The van der Waals surface area contributed by atoms with Crippen molar-refractivity contribution >= 4 is 17.4 Å². The van der Waals surface area contributed by atoms with Gasteiger partial charge in [0.1, 0.15) is 17.6 Å². The number of nitrogens with zero attached hydrogens (tertiary/aromatic N) is 4. The molecular formula is C19H15N5O. The molecule has 25 heavy (non-hydrogen) atoms. The third-order valence-corrected chi connectivity index (χ3v) is 3.64. The molecular weight excluding hydrogens is 314 g/mol. The van der Waals surface area contributed by atoms with E-state index < -0.39 is 5.91 Å². The van der Waals surface area contributed by atoms with E-state index in [1.807, 2.05) is 36.4 Å². The number of anilines is 1. The Labute approximate surface area is 144 Å². The Bertz CT molecular complexity index is 952. The molecule has 1 amide bonds. The van der Waals surface area contributed by atoms with Crippen LogP contribution in [0.5, 0.6) is 0 Å². The summed E-state index contributed by atoms with van der Waals surface area (Å²) in [6, 6.07) is 20.2. The zero-order valence-corrected chi connectivity index (χ0v) is 13.3. The number of amides is 1. The first kappa shape index (κ1) is 16.1. The van der Waals surface area contributed by atoms with Crippen LogP contribution in [0.3, 0.4) is 0 Å². The van der Waals surface area contributed by atoms with Gasteiger partial charge in [-0.15, -0.1) is 0 Å². The van der Waals surface area contributed by atoms with Gasteiger partial charge in [0.2, 0.25) is 0 Å². The molecule has 0 fully saturated rings. The van der Waals surface area contributed by atoms with Gasteiger partial charge in [0.25, 0.3) is 5.91 Å². The summed E-state index contributed by atoms with van der Waals surface area (Å²) in [5, 5.41) is 9.36. The highest BCUT2D eigenvalue weighted by molar-refractivity contribution is 6.18. The van der Waals surface area contributed by atoms with Crippen LogP contribution >= 0.6 is 0 Å². The first-order chi connectivity index (χ1) is 12.2. The highest BCUT2D eigenvalue weighted by Crippen LogP contribution is 2.14. The topological polar surface area (TPSA) is 97.1 Å². The molecule has 3 rings (SSSR count). The molecule has 6 heteroatoms. The van der Waals surface area contributed by atoms with Gasteiger partial charge in [0.15, 0.2) is 5.71 Å². The lowest BCUT2D eigenvalue weighted by Crippen LogP contribution is -2.09. The van der Waals surface area contributed by atoms with E-state index in [-0.39, 0.29) is 11.4 Å². The largest absolute Gasteiger partial charge is 0.383 e. The molecule has 0 bridgehead atoms. The highest BCUT2D eigenvalue weighted by Gasteiger charge is 2.16. The van der Waals surface area contributed by atoms with Crippen molar-refractivity contribution in [2.24, 2.45) is 4.99 Å². The molecule has 0 aliphatic rings. The van der Waals surface area contributed by atoms with Crippen LogP contribution in [0.2, 0.25) is 0 Å². The number of imidazole rings is 1. The van der Waals surface area contributed by atoms with Crippen molar-refractivity contribution < 1.29 is 4.79 Å². The van der Waals surface area contributed by atoms with Gasteiger partial charge in [-0.2, -0.15) is 10.3 Å². The van der Waals surface area contributed by atoms with E-state index >= 15 is 0 Å². The molecule has 0 spiro atoms. The smallest absolute Gasteiger partial charge is 0.278 e. The van der Waals surface area contributed by atoms with Gasteiger partial charge in [0.05, 0.1) is 12.9 Å². The number of carbonyl (C=O) groups is 1. The van der Waals surface area contributed by atoms with Gasteiger partial charge < -0.3 is 10.3 Å². The zero-order valence-electron chi connectivity index (χ0n) is 13.3. The lowest BCUT2D eigenvalue weighted by Gasteiger charge is -2.05. The Hall–Kier alpha value is -3.72. The molecule has 2 N–H and O–H groups in total. The first-order valence-corrected chi connectivity index (χ1v) is 7.62. The van der Waals surface area contributed by atoms with Gasteiger partial charge in [0, 0.05) is 5.56 Å². The summed E-state index contributed by atoms with van der Waals surface area (Å²) in [6.07, 6.45) is 1.54. The maximum atomic E-state index is 12.2. The second-order valence-electron chi connectivity index (χ2n) is 5.34. The van der Waals surface area contributed by atoms with Crippen molar-refractivity contribution in [1.29, 1.82) is 5.26 Å². The van der Waals surface area contributed by atoms with E-state index in [1.165, 1.54) is 6.33 Å². The molecule has 0 aliphatic heterocycles. The number of carbonyl (C=O) groups excluding carboxylic acids is 1. The summed E-state index contributed by atoms with van der Waals surface area (Å²) in [5.41, 5.74) is 7.66. The minimum Gasteiger partial charge on any atom is -0.383 e. The third-order valence-electron chi connectivity index (χ3n) is 3.64. The minimum absolute atomic E-state index is 0.0989. The van der Waals surface area contributed by atoms with Gasteiger partial charge in [-0.05, 0) is 17.7 Å². The van der Waals surface area contributed by atoms with Crippen LogP contribution in [0, 0.1) is 11.3 Å². The summed E-state index contributed by atoms with van der Waals surface area (Å²) in [4.78, 5) is 20.2. The standard InChI is InChI=1S/C19H15N5O/c20-11-16(23-19(25)15-9-5-2-6-10-15)17-18(21)24(13-22-17)12-14-7-3-1-4-8-14/h1-10,13H,12,21H2. The third kappa shape index (κ3) is 3.62. The average Bonchev–Trinajstić information content (AvgIpc) is 3.01. The van der Waals surface area contributed by atoms with Crippen molar-refractivity contribution in [2.45, 2.75) is 6.54 Å². The summed E-state index contributed by atoms with van der Waals surface area (Å²) in [7, 11) is 0. The predicted octanol–water partition coefficient (Wildman–Crippen LogP) is 2.67. The van der Waals surface area contributed by atoms with E-state index in [1.54, 1.807) is 34.9 Å². The number of hydrogen-bond acceptors (Lipinski definition) is 4. The minimum atomic E-state index is -0.505. The van der Waals surface area contributed by atoms with Crippen LogP contribution in [0.4, 0.5) is 5.82 Å². The quantitative estimate of drug-likeness (QED) is 0.744. The molecule has 0 radical (unpaired) electrons. The fraction of sp³-hybridized carbons (Fsp3) is 0.0526. The molecule has 122 valence electrons. The number of nitrogens with two attached hydrogens (primary N) is 1. The summed E-state index contributed by atoms with van der Waals surface area (Å²) >= 11 is 0. The van der Waals surface area contributed by atoms with Gasteiger partial charge in [-0.3, -0.25) is 4.79 Å². The first-order valence-electron chi connectivity index (χ1n) is 7.62. The monoisotopic (exact) mass is 329 g/mol. The van der Waals surface area contributed by atoms with Crippen molar-refractivity contribution in [3.63, 3.8) is 0 Å². The average molecular weight is 329 g/mol. The van der Waals surface area contributed by atoms with E-state index in [4.69, 9.17) is 5.73 Å². The molecule has 0 saturated heterocycles. The van der Waals surface area contributed by atoms with Crippen molar-refractivity contribution in [2.75, 3.05) is 5.73 Å². The fourth-order valence-corrected chi connectivity index (χ4v) is 2.36. The maximum absolute atomic E-state index is 12.2. The Morgan fingerprint density at radius 2 is 1.76 bits per heavy atom. The molecule has 0 aliphatic carbocycles. The SMILES string of the molecule is N#CC(=NC(=O)c1ccccc1)c1ncn(Cc2ccccc2)c1N. The molecule has 0 unspecified atom stereocenters. The van der Waals surface area contributed by atoms with E-state index in [2.05, 4.69) is 9.98 Å². The number of aromatic nitrogens is 2. The molecule has 2 aromatic carbocycles. The molecule has 1 aromatic heterocycles. The van der Waals surface area contributed by atoms with Crippen LogP contribution in [0.25, 0.3) is 0 Å². The number of nitriles is 1. The highest BCUT2D eigenvalue weighted by atomic mass is 16.1. The number of benzene rings is 2. The Kier molecular flexibility index (Phi) is 4.67. The number of nitrogen functional groups attached to an aromatic ring is 1. The molecule has 0 saturated carbocycles. The lowest BCUT2D eigenvalue weighted by molar-refractivity contribution is 0.100. The summed E-state index contributed by atoms with van der Waals surface area (Å²) in [6.45, 7) is 0.519. The van der Waals surface area contributed by atoms with E-state index in [0.29, 0.717) is 17.9 Å². The maximum Gasteiger partial charge on any atom is 0.278 e. The van der Waals surface area contributed by atoms with Crippen LogP contribution in [0.15, 0.2) is 72.0 Å². The Morgan fingerprint density at radius 3 is 2.40 bits per heavy atom. The Balaban J connectivity index is 1.88. The van der Waals surface area contributed by atoms with E-state index in [9.17, 15) is 10.1 Å². The van der Waals surface area contributed by atoms with Crippen LogP contribution in [0.1, 0.15) is 21.6 Å². The summed E-state index contributed by atoms with van der Waals surface area (Å²) in [5.74, 6) is -0.209. The Morgan fingerprint density at radius 1 is 1.12 bits per heavy atom. The zero-order chi connectivity index (χ0) is 17.6. The van der Waals surface area contributed by atoms with Crippen molar-refractivity contribution in [3.05, 3.63) is 83.8 Å². The van der Waals surface area contributed by atoms with Crippen molar-refractivity contribution in [3.8, 4) is 6.07 Å². The lowest BCUT2D eigenvalue weighted by atomic mass is 10.2. The molecule has 0 atom stereocenters.